The number of aliphatic hydroxyl groups is 1. The van der Waals surface area contributed by atoms with Crippen molar-refractivity contribution in [3.05, 3.63) is 29.8 Å². The fourth-order valence-corrected chi connectivity index (χ4v) is 2.07. The number of nitrogens with two attached hydrogens (primary N) is 1. The second kappa shape index (κ2) is 8.94. The first kappa shape index (κ1) is 16.0. The van der Waals surface area contributed by atoms with Crippen LogP contribution in [0, 0.1) is 0 Å². The summed E-state index contributed by atoms with van der Waals surface area (Å²) < 4.78 is 5.76. The molecule has 2 unspecified atom stereocenters. The molecule has 0 bridgehead atoms. The zero-order valence-electron chi connectivity index (χ0n) is 12.1. The Bertz CT molecular complexity index is 337. The molecule has 3 nitrogen and oxygen atoms in total. The number of unbranched alkanes of at least 4 members (excludes halogenated alkanes) is 1. The predicted molar refractivity (Wildman–Crippen MR) is 79.4 cm³/mol. The highest BCUT2D eigenvalue weighted by Gasteiger charge is 2.17. The van der Waals surface area contributed by atoms with Gasteiger partial charge in [-0.25, -0.2) is 0 Å². The molecule has 0 fully saturated rings. The summed E-state index contributed by atoms with van der Waals surface area (Å²) >= 11 is 0. The van der Waals surface area contributed by atoms with E-state index < -0.39 is 0 Å². The summed E-state index contributed by atoms with van der Waals surface area (Å²) in [5.41, 5.74) is 7.32. The van der Waals surface area contributed by atoms with Crippen molar-refractivity contribution in [2.24, 2.45) is 5.73 Å². The summed E-state index contributed by atoms with van der Waals surface area (Å²) in [6.45, 7) is 4.23. The zero-order valence-corrected chi connectivity index (χ0v) is 12.1. The zero-order chi connectivity index (χ0) is 14.1. The number of hydrogen-bond donors (Lipinski definition) is 2. The predicted octanol–water partition coefficient (Wildman–Crippen LogP) is 2.90. The minimum atomic E-state index is -0.318. The van der Waals surface area contributed by atoms with E-state index in [1.54, 1.807) is 0 Å². The highest BCUT2D eigenvalue weighted by atomic mass is 16.5. The first-order valence-corrected chi connectivity index (χ1v) is 7.33. The van der Waals surface area contributed by atoms with E-state index >= 15 is 0 Å². The van der Waals surface area contributed by atoms with Crippen LogP contribution in [-0.2, 0) is 6.42 Å². The summed E-state index contributed by atoms with van der Waals surface area (Å²) in [7, 11) is 0. The highest BCUT2D eigenvalue weighted by Crippen LogP contribution is 2.17. The maximum Gasteiger partial charge on any atom is 0.137 e. The van der Waals surface area contributed by atoms with E-state index in [1.165, 1.54) is 18.4 Å². The molecular weight excluding hydrogens is 238 g/mol. The van der Waals surface area contributed by atoms with E-state index in [9.17, 15) is 5.11 Å². The fraction of sp³-hybridized carbons (Fsp3) is 0.625. The molecule has 1 aromatic carbocycles. The average Bonchev–Trinajstić information content (AvgIpc) is 2.44. The lowest BCUT2D eigenvalue weighted by atomic mass is 10.1. The van der Waals surface area contributed by atoms with Gasteiger partial charge in [-0.05, 0) is 37.0 Å². The van der Waals surface area contributed by atoms with Gasteiger partial charge in [-0.3, -0.25) is 0 Å². The monoisotopic (exact) mass is 265 g/mol. The van der Waals surface area contributed by atoms with Gasteiger partial charge in [-0.15, -0.1) is 0 Å². The molecular formula is C16H27NO2. The van der Waals surface area contributed by atoms with Gasteiger partial charge in [0.25, 0.3) is 0 Å². The molecule has 19 heavy (non-hydrogen) atoms. The third-order valence-electron chi connectivity index (χ3n) is 3.31. The summed E-state index contributed by atoms with van der Waals surface area (Å²) in [6.07, 6.45) is 5.06. The van der Waals surface area contributed by atoms with Gasteiger partial charge in [-0.1, -0.05) is 38.8 Å². The van der Waals surface area contributed by atoms with Crippen molar-refractivity contribution in [2.75, 3.05) is 6.61 Å². The third kappa shape index (κ3) is 5.62. The molecule has 0 aliphatic heterocycles. The van der Waals surface area contributed by atoms with Gasteiger partial charge in [-0.2, -0.15) is 0 Å². The second-order valence-electron chi connectivity index (χ2n) is 5.04. The molecule has 2 atom stereocenters. The Morgan fingerprint density at radius 3 is 2.37 bits per heavy atom. The molecule has 0 amide bonds. The van der Waals surface area contributed by atoms with E-state index in [2.05, 4.69) is 26.0 Å². The SMILES string of the molecule is CCCCc1ccc(OC(CO)C(N)CCC)cc1. The quantitative estimate of drug-likeness (QED) is 0.722. The lowest BCUT2D eigenvalue weighted by Gasteiger charge is -2.23. The Morgan fingerprint density at radius 2 is 1.84 bits per heavy atom. The van der Waals surface area contributed by atoms with E-state index in [0.29, 0.717) is 0 Å². The minimum Gasteiger partial charge on any atom is -0.486 e. The van der Waals surface area contributed by atoms with E-state index in [0.717, 1.165) is 25.0 Å². The normalized spacial score (nSPS) is 14.1. The Hall–Kier alpha value is -1.06. The average molecular weight is 265 g/mol. The minimum absolute atomic E-state index is 0.0429. The van der Waals surface area contributed by atoms with Crippen molar-refractivity contribution in [2.45, 2.75) is 58.1 Å². The molecule has 0 radical (unpaired) electrons. The van der Waals surface area contributed by atoms with E-state index in [1.807, 2.05) is 12.1 Å². The Labute approximate surface area is 116 Å². The Balaban J connectivity index is 2.55. The lowest BCUT2D eigenvalue weighted by molar-refractivity contribution is 0.0916. The Kier molecular flexibility index (Phi) is 7.53. The van der Waals surface area contributed by atoms with Crippen molar-refractivity contribution in [1.82, 2.24) is 0 Å². The van der Waals surface area contributed by atoms with Crippen LogP contribution in [0.25, 0.3) is 0 Å². The van der Waals surface area contributed by atoms with Gasteiger partial charge in [0.1, 0.15) is 11.9 Å². The summed E-state index contributed by atoms with van der Waals surface area (Å²) in [5, 5.41) is 9.35. The molecule has 0 aromatic heterocycles. The molecule has 3 N–H and O–H groups in total. The molecule has 0 aliphatic rings. The maximum absolute atomic E-state index is 9.35. The Morgan fingerprint density at radius 1 is 1.16 bits per heavy atom. The first-order valence-electron chi connectivity index (χ1n) is 7.33. The maximum atomic E-state index is 9.35. The van der Waals surface area contributed by atoms with Crippen LogP contribution in [0.1, 0.15) is 45.1 Å². The van der Waals surface area contributed by atoms with Crippen LogP contribution in [0.15, 0.2) is 24.3 Å². The van der Waals surface area contributed by atoms with Gasteiger partial charge >= 0.3 is 0 Å². The molecule has 0 saturated heterocycles. The number of rotatable bonds is 9. The standard InChI is InChI=1S/C16H27NO2/c1-3-5-7-13-8-10-14(11-9-13)19-16(12-18)15(17)6-4-2/h8-11,15-16,18H,3-7,12,17H2,1-2H3. The van der Waals surface area contributed by atoms with Crippen molar-refractivity contribution in [3.63, 3.8) is 0 Å². The molecule has 1 rings (SSSR count). The van der Waals surface area contributed by atoms with Crippen molar-refractivity contribution < 1.29 is 9.84 Å². The van der Waals surface area contributed by atoms with Crippen LogP contribution >= 0.6 is 0 Å². The third-order valence-corrected chi connectivity index (χ3v) is 3.31. The first-order chi connectivity index (χ1) is 9.21. The van der Waals surface area contributed by atoms with Gasteiger partial charge in [0.15, 0.2) is 0 Å². The highest BCUT2D eigenvalue weighted by molar-refractivity contribution is 5.27. The van der Waals surface area contributed by atoms with Crippen LogP contribution in [0.2, 0.25) is 0 Å². The van der Waals surface area contributed by atoms with Crippen LogP contribution in [0.3, 0.4) is 0 Å². The molecule has 0 spiro atoms. The van der Waals surface area contributed by atoms with Crippen LogP contribution < -0.4 is 10.5 Å². The van der Waals surface area contributed by atoms with Gasteiger partial charge in [0.2, 0.25) is 0 Å². The van der Waals surface area contributed by atoms with E-state index in [4.69, 9.17) is 10.5 Å². The van der Waals surface area contributed by atoms with Gasteiger partial charge < -0.3 is 15.6 Å². The molecule has 1 aromatic rings. The summed E-state index contributed by atoms with van der Waals surface area (Å²) in [6, 6.07) is 7.99. The van der Waals surface area contributed by atoms with E-state index in [-0.39, 0.29) is 18.8 Å². The lowest BCUT2D eigenvalue weighted by Crippen LogP contribution is -2.41. The number of hydrogen-bond acceptors (Lipinski definition) is 3. The number of aliphatic hydroxyl groups excluding tert-OH is 1. The van der Waals surface area contributed by atoms with Crippen LogP contribution in [-0.4, -0.2) is 23.9 Å². The van der Waals surface area contributed by atoms with Crippen LogP contribution in [0.5, 0.6) is 5.75 Å². The van der Waals surface area contributed by atoms with Crippen molar-refractivity contribution in [1.29, 1.82) is 0 Å². The largest absolute Gasteiger partial charge is 0.486 e. The summed E-state index contributed by atoms with van der Waals surface area (Å²) in [5.74, 6) is 0.783. The topological polar surface area (TPSA) is 55.5 Å². The molecule has 0 aliphatic carbocycles. The van der Waals surface area contributed by atoms with Gasteiger partial charge in [0.05, 0.1) is 6.61 Å². The molecule has 0 saturated carbocycles. The van der Waals surface area contributed by atoms with Crippen LogP contribution in [0.4, 0.5) is 0 Å². The van der Waals surface area contributed by atoms with Gasteiger partial charge in [0, 0.05) is 6.04 Å². The summed E-state index contributed by atoms with van der Waals surface area (Å²) in [4.78, 5) is 0. The molecule has 0 heterocycles. The molecule has 3 heteroatoms. The number of ether oxygens (including phenoxy) is 1. The fourth-order valence-electron chi connectivity index (χ4n) is 2.07. The molecule has 108 valence electrons. The van der Waals surface area contributed by atoms with Crippen molar-refractivity contribution in [3.8, 4) is 5.75 Å². The number of aryl methyl sites for hydroxylation is 1. The number of benzene rings is 1. The van der Waals surface area contributed by atoms with Crippen molar-refractivity contribution >= 4 is 0 Å². The smallest absolute Gasteiger partial charge is 0.137 e. The second-order valence-corrected chi connectivity index (χ2v) is 5.04.